The molecule has 1 aliphatic heterocycles. The molecule has 3 heterocycles. The Morgan fingerprint density at radius 1 is 1.05 bits per heavy atom. The summed E-state index contributed by atoms with van der Waals surface area (Å²) in [6.07, 6.45) is 10.1. The number of hydrogen-bond acceptors (Lipinski definition) is 9. The van der Waals surface area contributed by atoms with Crippen molar-refractivity contribution >= 4 is 22.7 Å². The van der Waals surface area contributed by atoms with Crippen LogP contribution in [0.3, 0.4) is 0 Å². The van der Waals surface area contributed by atoms with E-state index in [4.69, 9.17) is 9.97 Å². The van der Waals surface area contributed by atoms with Crippen LogP contribution in [0.5, 0.6) is 0 Å². The number of benzene rings is 1. The summed E-state index contributed by atoms with van der Waals surface area (Å²) in [4.78, 5) is 9.53. The first-order chi connectivity index (χ1) is 18.7. The van der Waals surface area contributed by atoms with E-state index in [1.807, 2.05) is 29.1 Å². The molecule has 3 aromatic rings. The van der Waals surface area contributed by atoms with Crippen molar-refractivity contribution in [2.24, 2.45) is 0 Å². The van der Waals surface area contributed by atoms with Gasteiger partial charge in [-0.2, -0.15) is 4.98 Å². The third-order valence-electron chi connectivity index (χ3n) is 7.13. The highest BCUT2D eigenvalue weighted by Gasteiger charge is 2.16. The van der Waals surface area contributed by atoms with Gasteiger partial charge in [-0.15, -0.1) is 5.10 Å². The van der Waals surface area contributed by atoms with Crippen LogP contribution in [0.15, 0.2) is 30.5 Å². The molecule has 1 aromatic carbocycles. The SMILES string of the molecule is CCCC(CC)NCCCNCCCn1cc(CNc2nc(NC3CCNCC3)c3ccccc3n2)nn1. The second-order valence-corrected chi connectivity index (χ2v) is 10.2. The van der Waals surface area contributed by atoms with Gasteiger partial charge < -0.3 is 26.6 Å². The van der Waals surface area contributed by atoms with Crippen LogP contribution in [-0.4, -0.2) is 69.8 Å². The molecule has 208 valence electrons. The summed E-state index contributed by atoms with van der Waals surface area (Å²) in [7, 11) is 0. The van der Waals surface area contributed by atoms with E-state index in [-0.39, 0.29) is 0 Å². The van der Waals surface area contributed by atoms with Gasteiger partial charge in [0.15, 0.2) is 0 Å². The number of rotatable bonds is 17. The molecule has 10 heteroatoms. The number of aromatic nitrogens is 5. The van der Waals surface area contributed by atoms with Gasteiger partial charge in [-0.1, -0.05) is 37.6 Å². The molecule has 0 amide bonds. The maximum absolute atomic E-state index is 4.81. The number of hydrogen-bond donors (Lipinski definition) is 5. The van der Waals surface area contributed by atoms with Crippen LogP contribution >= 0.6 is 0 Å². The van der Waals surface area contributed by atoms with Crippen LogP contribution in [-0.2, 0) is 13.1 Å². The normalized spacial score (nSPS) is 15.1. The molecule has 5 N–H and O–H groups in total. The molecule has 2 aromatic heterocycles. The zero-order valence-electron chi connectivity index (χ0n) is 23.2. The zero-order valence-corrected chi connectivity index (χ0v) is 23.2. The Morgan fingerprint density at radius 3 is 2.74 bits per heavy atom. The largest absolute Gasteiger partial charge is 0.367 e. The molecule has 0 radical (unpaired) electrons. The van der Waals surface area contributed by atoms with Crippen LogP contribution in [0, 0.1) is 0 Å². The summed E-state index contributed by atoms with van der Waals surface area (Å²) < 4.78 is 1.92. The summed E-state index contributed by atoms with van der Waals surface area (Å²) in [5, 5.41) is 27.3. The van der Waals surface area contributed by atoms with Gasteiger partial charge >= 0.3 is 0 Å². The number of fused-ring (bicyclic) bond motifs is 1. The van der Waals surface area contributed by atoms with Gasteiger partial charge in [-0.25, -0.2) is 4.98 Å². The third kappa shape index (κ3) is 8.89. The molecule has 38 heavy (non-hydrogen) atoms. The molecule has 1 saturated heterocycles. The molecule has 0 saturated carbocycles. The fraction of sp³-hybridized carbons (Fsp3) is 0.643. The maximum atomic E-state index is 4.81. The topological polar surface area (TPSA) is 117 Å². The summed E-state index contributed by atoms with van der Waals surface area (Å²) in [6.45, 7) is 11.1. The second-order valence-electron chi connectivity index (χ2n) is 10.2. The summed E-state index contributed by atoms with van der Waals surface area (Å²) >= 11 is 0. The van der Waals surface area contributed by atoms with E-state index in [0.717, 1.165) is 87.4 Å². The van der Waals surface area contributed by atoms with E-state index in [2.05, 4.69) is 56.8 Å². The minimum Gasteiger partial charge on any atom is -0.367 e. The fourth-order valence-corrected chi connectivity index (χ4v) is 4.93. The minimum absolute atomic E-state index is 0.424. The summed E-state index contributed by atoms with van der Waals surface area (Å²) in [5.41, 5.74) is 1.81. The first-order valence-electron chi connectivity index (χ1n) is 14.6. The molecule has 0 spiro atoms. The predicted molar refractivity (Wildman–Crippen MR) is 155 cm³/mol. The molecular formula is C28H46N10. The highest BCUT2D eigenvalue weighted by atomic mass is 15.4. The number of aryl methyl sites for hydroxylation is 1. The molecule has 1 aliphatic rings. The smallest absolute Gasteiger partial charge is 0.225 e. The Labute approximate surface area is 227 Å². The molecule has 0 aliphatic carbocycles. The lowest BCUT2D eigenvalue weighted by molar-refractivity contribution is 0.451. The van der Waals surface area contributed by atoms with Crippen molar-refractivity contribution in [2.75, 3.05) is 43.4 Å². The lowest BCUT2D eigenvalue weighted by Crippen LogP contribution is -2.35. The van der Waals surface area contributed by atoms with Crippen LogP contribution in [0.2, 0.25) is 0 Å². The Morgan fingerprint density at radius 2 is 1.89 bits per heavy atom. The fourth-order valence-electron chi connectivity index (χ4n) is 4.93. The van der Waals surface area contributed by atoms with E-state index in [1.54, 1.807) is 0 Å². The molecule has 1 unspecified atom stereocenters. The van der Waals surface area contributed by atoms with Crippen molar-refractivity contribution in [3.8, 4) is 0 Å². The van der Waals surface area contributed by atoms with Crippen LogP contribution in [0.25, 0.3) is 10.9 Å². The Kier molecular flexibility index (Phi) is 11.5. The first kappa shape index (κ1) is 28.2. The van der Waals surface area contributed by atoms with E-state index in [0.29, 0.717) is 24.6 Å². The van der Waals surface area contributed by atoms with E-state index in [1.165, 1.54) is 19.3 Å². The number of nitrogens with one attached hydrogen (secondary N) is 5. The maximum Gasteiger partial charge on any atom is 0.225 e. The van der Waals surface area contributed by atoms with Crippen molar-refractivity contribution < 1.29 is 0 Å². The lowest BCUT2D eigenvalue weighted by Gasteiger charge is -2.25. The van der Waals surface area contributed by atoms with E-state index >= 15 is 0 Å². The van der Waals surface area contributed by atoms with Crippen LogP contribution in [0.1, 0.15) is 64.5 Å². The monoisotopic (exact) mass is 522 g/mol. The number of piperidine rings is 1. The van der Waals surface area contributed by atoms with Gasteiger partial charge in [0.25, 0.3) is 0 Å². The van der Waals surface area contributed by atoms with Crippen molar-refractivity contribution in [3.05, 3.63) is 36.2 Å². The summed E-state index contributed by atoms with van der Waals surface area (Å²) in [6, 6.07) is 9.25. The van der Waals surface area contributed by atoms with Crippen molar-refractivity contribution in [1.29, 1.82) is 0 Å². The predicted octanol–water partition coefficient (Wildman–Crippen LogP) is 3.54. The summed E-state index contributed by atoms with van der Waals surface area (Å²) in [5.74, 6) is 1.50. The Balaban J connectivity index is 1.19. The average molecular weight is 523 g/mol. The van der Waals surface area contributed by atoms with Crippen molar-refractivity contribution in [1.82, 2.24) is 40.9 Å². The van der Waals surface area contributed by atoms with Gasteiger partial charge in [0.2, 0.25) is 5.95 Å². The van der Waals surface area contributed by atoms with Gasteiger partial charge in [-0.3, -0.25) is 4.68 Å². The average Bonchev–Trinajstić information content (AvgIpc) is 3.41. The van der Waals surface area contributed by atoms with Crippen molar-refractivity contribution in [2.45, 2.75) is 84.0 Å². The van der Waals surface area contributed by atoms with Crippen LogP contribution < -0.4 is 26.6 Å². The molecule has 0 bridgehead atoms. The van der Waals surface area contributed by atoms with E-state index in [9.17, 15) is 0 Å². The molecular weight excluding hydrogens is 476 g/mol. The van der Waals surface area contributed by atoms with Crippen molar-refractivity contribution in [3.63, 3.8) is 0 Å². The lowest BCUT2D eigenvalue weighted by atomic mass is 10.1. The second kappa shape index (κ2) is 15.6. The van der Waals surface area contributed by atoms with Crippen LogP contribution in [0.4, 0.5) is 11.8 Å². The molecule has 1 atom stereocenters. The molecule has 4 rings (SSSR count). The number of para-hydroxylation sites is 1. The number of anilines is 2. The van der Waals surface area contributed by atoms with Gasteiger partial charge in [0.05, 0.1) is 18.3 Å². The quantitative estimate of drug-likeness (QED) is 0.170. The highest BCUT2D eigenvalue weighted by Crippen LogP contribution is 2.24. The zero-order chi connectivity index (χ0) is 26.4. The Bertz CT molecular complexity index is 1080. The number of nitrogens with zero attached hydrogens (tertiary/aromatic N) is 5. The third-order valence-corrected chi connectivity index (χ3v) is 7.13. The highest BCUT2D eigenvalue weighted by molar-refractivity contribution is 5.90. The van der Waals surface area contributed by atoms with E-state index < -0.39 is 0 Å². The first-order valence-corrected chi connectivity index (χ1v) is 14.6. The Hall–Kier alpha value is -2.82. The van der Waals surface area contributed by atoms with Gasteiger partial charge in [-0.05, 0) is 83.4 Å². The standard InChI is InChI=1S/C28H46N10/c1-3-9-22(4-2)31-16-7-14-29-15-8-19-38-21-24(36-37-38)20-32-28-34-26-11-6-5-10-25(26)27(35-28)33-23-12-17-30-18-13-23/h5-6,10-11,21-23,29-31H,3-4,7-9,12-20H2,1-2H3,(H2,32,33,34,35). The van der Waals surface area contributed by atoms with Gasteiger partial charge in [0.1, 0.15) is 11.5 Å². The minimum atomic E-state index is 0.424. The molecule has 10 nitrogen and oxygen atoms in total. The van der Waals surface area contributed by atoms with Gasteiger partial charge in [0, 0.05) is 24.0 Å². The molecule has 1 fully saturated rings.